The second-order valence-electron chi connectivity index (χ2n) is 5.24. The lowest BCUT2D eigenvalue weighted by molar-refractivity contribution is -0.168. The Hall–Kier alpha value is -2.69. The Kier molecular flexibility index (Phi) is 3.87. The van der Waals surface area contributed by atoms with Crippen LogP contribution in [0.3, 0.4) is 0 Å². The summed E-state index contributed by atoms with van der Waals surface area (Å²) in [5.74, 6) is -1.39. The van der Waals surface area contributed by atoms with Gasteiger partial charge in [0.1, 0.15) is 0 Å². The predicted octanol–water partition coefficient (Wildman–Crippen LogP) is 2.65. The van der Waals surface area contributed by atoms with Crippen LogP contribution >= 0.6 is 0 Å². The highest BCUT2D eigenvalue weighted by atomic mass is 16.7. The van der Waals surface area contributed by atoms with E-state index in [9.17, 15) is 14.4 Å². The second-order valence-corrected chi connectivity index (χ2v) is 5.24. The van der Waals surface area contributed by atoms with E-state index in [1.165, 1.54) is 0 Å². The number of hydrogen-bond donors (Lipinski definition) is 0. The maximum absolute atomic E-state index is 12.0. The lowest BCUT2D eigenvalue weighted by atomic mass is 10.0. The van der Waals surface area contributed by atoms with Crippen molar-refractivity contribution in [2.45, 2.75) is 19.3 Å². The maximum atomic E-state index is 12.0. The van der Waals surface area contributed by atoms with E-state index in [1.54, 1.807) is 24.3 Å². The van der Waals surface area contributed by atoms with Crippen LogP contribution in [-0.2, 0) is 9.63 Å². The van der Waals surface area contributed by atoms with Gasteiger partial charge in [-0.05, 0) is 30.9 Å². The van der Waals surface area contributed by atoms with Crippen LogP contribution in [0.4, 0.5) is 0 Å². The van der Waals surface area contributed by atoms with Crippen LogP contribution in [0.25, 0.3) is 0 Å². The molecule has 1 heterocycles. The van der Waals surface area contributed by atoms with Gasteiger partial charge in [-0.3, -0.25) is 9.59 Å². The molecule has 22 heavy (non-hydrogen) atoms. The minimum Gasteiger partial charge on any atom is -0.330 e. The van der Waals surface area contributed by atoms with E-state index < -0.39 is 17.8 Å². The van der Waals surface area contributed by atoms with Crippen molar-refractivity contribution in [3.63, 3.8) is 0 Å². The summed E-state index contributed by atoms with van der Waals surface area (Å²) < 4.78 is 0. The topological polar surface area (TPSA) is 63.7 Å². The number of hydrogen-bond acceptors (Lipinski definition) is 4. The number of fused-ring (bicyclic) bond motifs is 1. The first-order chi connectivity index (χ1) is 10.7. The van der Waals surface area contributed by atoms with Gasteiger partial charge in [0.15, 0.2) is 0 Å². The van der Waals surface area contributed by atoms with E-state index in [2.05, 4.69) is 12.2 Å². The third kappa shape index (κ3) is 2.70. The molecule has 0 N–H and O–H groups in total. The van der Waals surface area contributed by atoms with Crippen LogP contribution in [0, 0.1) is 5.92 Å². The fraction of sp³-hybridized carbons (Fsp3) is 0.235. The molecule has 0 fully saturated rings. The minimum absolute atomic E-state index is 0.172. The molecule has 5 heteroatoms. The van der Waals surface area contributed by atoms with Crippen molar-refractivity contribution in [1.82, 2.24) is 5.06 Å². The van der Waals surface area contributed by atoms with Gasteiger partial charge >= 0.3 is 5.97 Å². The fourth-order valence-corrected chi connectivity index (χ4v) is 2.55. The third-order valence-corrected chi connectivity index (χ3v) is 3.70. The van der Waals surface area contributed by atoms with Crippen LogP contribution in [-0.4, -0.2) is 22.8 Å². The summed E-state index contributed by atoms with van der Waals surface area (Å²) in [5, 5.41) is 0.558. The van der Waals surface area contributed by atoms with Crippen LogP contribution in [0.5, 0.6) is 0 Å². The number of nitrogens with zero attached hydrogens (tertiary/aromatic N) is 1. The van der Waals surface area contributed by atoms with Crippen molar-refractivity contribution in [3.8, 4) is 0 Å². The van der Waals surface area contributed by atoms with Gasteiger partial charge in [0.05, 0.1) is 11.1 Å². The molecule has 3 rings (SSSR count). The molecule has 1 aromatic carbocycles. The largest absolute Gasteiger partial charge is 0.333 e. The number of rotatable bonds is 5. The van der Waals surface area contributed by atoms with E-state index in [1.807, 2.05) is 12.2 Å². The van der Waals surface area contributed by atoms with Crippen LogP contribution < -0.4 is 0 Å². The quantitative estimate of drug-likeness (QED) is 0.784. The summed E-state index contributed by atoms with van der Waals surface area (Å²) in [6, 6.07) is 6.42. The molecule has 1 aliphatic carbocycles. The molecular weight excluding hydrogens is 282 g/mol. The number of amides is 2. The zero-order valence-corrected chi connectivity index (χ0v) is 11.9. The summed E-state index contributed by atoms with van der Waals surface area (Å²) >= 11 is 0. The van der Waals surface area contributed by atoms with Gasteiger partial charge in [0.25, 0.3) is 11.8 Å². The summed E-state index contributed by atoms with van der Waals surface area (Å²) in [5.41, 5.74) is 0.531. The van der Waals surface area contributed by atoms with E-state index in [0.29, 0.717) is 17.4 Å². The fourth-order valence-electron chi connectivity index (χ4n) is 2.55. The highest BCUT2D eigenvalue weighted by Gasteiger charge is 2.38. The molecule has 0 radical (unpaired) electrons. The molecule has 0 spiro atoms. The normalized spacial score (nSPS) is 16.5. The SMILES string of the molecule is O=C(CCCC1C=CC=C1)ON1C(=O)c2ccccc2C1=O. The molecule has 1 aliphatic heterocycles. The third-order valence-electron chi connectivity index (χ3n) is 3.70. The Morgan fingerprint density at radius 1 is 1.05 bits per heavy atom. The van der Waals surface area contributed by atoms with E-state index >= 15 is 0 Å². The van der Waals surface area contributed by atoms with Crippen LogP contribution in [0.2, 0.25) is 0 Å². The Balaban J connectivity index is 1.54. The molecule has 0 saturated heterocycles. The Morgan fingerprint density at radius 3 is 2.23 bits per heavy atom. The van der Waals surface area contributed by atoms with Crippen molar-refractivity contribution in [2.75, 3.05) is 0 Å². The highest BCUT2D eigenvalue weighted by molar-refractivity contribution is 6.20. The molecule has 5 nitrogen and oxygen atoms in total. The highest BCUT2D eigenvalue weighted by Crippen LogP contribution is 2.23. The summed E-state index contributed by atoms with van der Waals surface area (Å²) in [6.07, 6.45) is 9.73. The Morgan fingerprint density at radius 2 is 1.64 bits per heavy atom. The summed E-state index contributed by atoms with van der Waals surface area (Å²) in [6.45, 7) is 0. The maximum Gasteiger partial charge on any atom is 0.333 e. The number of carbonyl (C=O) groups is 3. The van der Waals surface area contributed by atoms with Gasteiger partial charge in [-0.2, -0.15) is 0 Å². The van der Waals surface area contributed by atoms with Gasteiger partial charge in [-0.1, -0.05) is 41.5 Å². The van der Waals surface area contributed by atoms with Crippen molar-refractivity contribution in [3.05, 3.63) is 59.7 Å². The lowest BCUT2D eigenvalue weighted by Gasteiger charge is -2.12. The minimum atomic E-state index is -0.587. The first-order valence-corrected chi connectivity index (χ1v) is 7.20. The molecule has 0 atom stereocenters. The van der Waals surface area contributed by atoms with Crippen molar-refractivity contribution >= 4 is 17.8 Å². The van der Waals surface area contributed by atoms with Crippen molar-refractivity contribution in [2.24, 2.45) is 5.92 Å². The molecule has 2 amide bonds. The van der Waals surface area contributed by atoms with Gasteiger partial charge in [-0.25, -0.2) is 4.79 Å². The number of benzene rings is 1. The zero-order valence-electron chi connectivity index (χ0n) is 11.9. The van der Waals surface area contributed by atoms with E-state index in [-0.39, 0.29) is 17.5 Å². The predicted molar refractivity (Wildman–Crippen MR) is 78.7 cm³/mol. The molecule has 0 aromatic heterocycles. The smallest absolute Gasteiger partial charge is 0.330 e. The molecule has 0 bridgehead atoms. The average Bonchev–Trinajstić information content (AvgIpc) is 3.11. The van der Waals surface area contributed by atoms with Gasteiger partial charge in [0.2, 0.25) is 0 Å². The summed E-state index contributed by atoms with van der Waals surface area (Å²) in [7, 11) is 0. The number of imide groups is 1. The van der Waals surface area contributed by atoms with Gasteiger partial charge < -0.3 is 4.84 Å². The van der Waals surface area contributed by atoms with E-state index in [4.69, 9.17) is 4.84 Å². The lowest BCUT2D eigenvalue weighted by Crippen LogP contribution is -2.32. The summed E-state index contributed by atoms with van der Waals surface area (Å²) in [4.78, 5) is 40.8. The Labute approximate surface area is 127 Å². The van der Waals surface area contributed by atoms with Gasteiger partial charge in [-0.15, -0.1) is 0 Å². The van der Waals surface area contributed by atoms with E-state index in [0.717, 1.165) is 6.42 Å². The standard InChI is InChI=1S/C17H15NO4/c19-15(11-5-8-12-6-1-2-7-12)22-18-16(20)13-9-3-4-10-14(13)17(18)21/h1-4,6-7,9-10,12H,5,8,11H2. The van der Waals surface area contributed by atoms with Gasteiger partial charge in [0, 0.05) is 6.42 Å². The first kappa shape index (κ1) is 14.3. The zero-order chi connectivity index (χ0) is 15.5. The Bertz CT molecular complexity index is 643. The molecule has 1 aromatic rings. The van der Waals surface area contributed by atoms with Crippen LogP contribution in [0.15, 0.2) is 48.6 Å². The number of carbonyl (C=O) groups excluding carboxylic acids is 3. The number of allylic oxidation sites excluding steroid dienone is 4. The second kappa shape index (κ2) is 5.97. The molecule has 2 aliphatic rings. The molecule has 0 unspecified atom stereocenters. The van der Waals surface area contributed by atoms with Crippen molar-refractivity contribution < 1.29 is 19.2 Å². The number of hydroxylamine groups is 2. The first-order valence-electron chi connectivity index (χ1n) is 7.20. The van der Waals surface area contributed by atoms with Crippen LogP contribution in [0.1, 0.15) is 40.0 Å². The molecular formula is C17H15NO4. The molecule has 112 valence electrons. The molecule has 0 saturated carbocycles. The van der Waals surface area contributed by atoms with Crippen molar-refractivity contribution in [1.29, 1.82) is 0 Å². The average molecular weight is 297 g/mol. The monoisotopic (exact) mass is 297 g/mol.